The van der Waals surface area contributed by atoms with Gasteiger partial charge >= 0.3 is 19.1 Å². The predicted octanol–water partition coefficient (Wildman–Crippen LogP) is 1.35. The van der Waals surface area contributed by atoms with Crippen LogP contribution in [0.15, 0.2) is 0 Å². The third-order valence-corrected chi connectivity index (χ3v) is 12.8. The molecule has 0 radical (unpaired) electrons. The van der Waals surface area contributed by atoms with Crippen LogP contribution in [0.2, 0.25) is 0 Å². The molecule has 2 saturated heterocycles. The van der Waals surface area contributed by atoms with E-state index in [1.54, 1.807) is 27.7 Å². The Morgan fingerprint density at radius 2 is 1.51 bits per heavy atom. The molecule has 5 rings (SSSR count). The maximum absolute atomic E-state index is 14.2. The number of carboxylic acids is 2. The second kappa shape index (κ2) is 18.9. The van der Waals surface area contributed by atoms with E-state index < -0.39 is 109 Å². The van der Waals surface area contributed by atoms with E-state index in [0.717, 1.165) is 25.7 Å². The molecule has 18 heteroatoms. The molecule has 2 aliphatic heterocycles. The van der Waals surface area contributed by atoms with Gasteiger partial charge in [-0.3, -0.25) is 33.6 Å². The van der Waals surface area contributed by atoms with Crippen molar-refractivity contribution < 1.29 is 53.1 Å². The molecule has 5 amide bonds. The number of aliphatic carboxylic acids is 2. The van der Waals surface area contributed by atoms with E-state index in [0.29, 0.717) is 37.6 Å². The van der Waals surface area contributed by atoms with Crippen molar-refractivity contribution >= 4 is 48.6 Å². The summed E-state index contributed by atoms with van der Waals surface area (Å²) in [6.07, 6.45) is 3.82. The number of unbranched alkanes of at least 4 members (excludes halogenated alkanes) is 1. The van der Waals surface area contributed by atoms with Crippen molar-refractivity contribution in [3.8, 4) is 0 Å². The molecule has 8 N–H and O–H groups in total. The largest absolute Gasteiger partial charge is 0.481 e. The number of nitrogens with one attached hydrogen (secondary N) is 4. The molecule has 0 spiro atoms. The summed E-state index contributed by atoms with van der Waals surface area (Å²) in [6, 6.07) is -6.00. The third kappa shape index (κ3) is 10.5. The van der Waals surface area contributed by atoms with E-state index >= 15 is 0 Å². The van der Waals surface area contributed by atoms with E-state index in [1.807, 2.05) is 0 Å². The summed E-state index contributed by atoms with van der Waals surface area (Å²) in [6.45, 7) is 16.0. The van der Waals surface area contributed by atoms with Crippen LogP contribution in [0.4, 0.5) is 0 Å². The molecule has 57 heavy (non-hydrogen) atoms. The number of amides is 5. The lowest BCUT2D eigenvalue weighted by Crippen LogP contribution is -2.65. The number of nitrogens with two attached hydrogens (primary N) is 1. The van der Waals surface area contributed by atoms with Crippen molar-refractivity contribution in [3.63, 3.8) is 0 Å². The molecule has 0 aromatic heterocycles. The average molecular weight is 805 g/mol. The number of carboxylic acid groups (broad SMARTS) is 2. The fourth-order valence-electron chi connectivity index (χ4n) is 9.17. The molecule has 0 aromatic rings. The summed E-state index contributed by atoms with van der Waals surface area (Å²) in [7, 11) is -0.611. The Labute approximate surface area is 336 Å². The van der Waals surface area contributed by atoms with Gasteiger partial charge in [0.1, 0.15) is 24.2 Å². The van der Waals surface area contributed by atoms with Crippen molar-refractivity contribution in [2.24, 2.45) is 34.8 Å². The Bertz CT molecular complexity index is 1530. The maximum atomic E-state index is 14.2. The smallest absolute Gasteiger partial charge is 0.481 e. The van der Waals surface area contributed by atoms with Gasteiger partial charge in [0, 0.05) is 13.0 Å². The molecular formula is C39H65BN6O11. The van der Waals surface area contributed by atoms with Crippen LogP contribution in [0.1, 0.15) is 120 Å². The van der Waals surface area contributed by atoms with Gasteiger partial charge in [0.15, 0.2) is 0 Å². The van der Waals surface area contributed by atoms with Gasteiger partial charge in [-0.2, -0.15) is 0 Å². The molecule has 0 aromatic carbocycles. The highest BCUT2D eigenvalue weighted by Gasteiger charge is 2.68. The lowest BCUT2D eigenvalue weighted by atomic mass is 9.43. The van der Waals surface area contributed by atoms with Crippen molar-refractivity contribution in [2.45, 2.75) is 167 Å². The molecule has 3 aliphatic carbocycles. The van der Waals surface area contributed by atoms with Gasteiger partial charge in [-0.25, -0.2) is 0 Å². The minimum atomic E-state index is -1.50. The van der Waals surface area contributed by atoms with Crippen LogP contribution in [0.3, 0.4) is 0 Å². The molecule has 3 saturated carbocycles. The van der Waals surface area contributed by atoms with E-state index in [9.17, 15) is 38.7 Å². The van der Waals surface area contributed by atoms with Crippen molar-refractivity contribution in [3.05, 3.63) is 0 Å². The summed E-state index contributed by atoms with van der Waals surface area (Å²) in [4.78, 5) is 92.0. The zero-order valence-electron chi connectivity index (χ0n) is 34.8. The number of nitrogens with zero attached hydrogens (tertiary/aromatic N) is 1. The number of hydrogen-bond donors (Lipinski definition) is 7. The lowest BCUT2D eigenvalue weighted by molar-refractivity contribution is -0.199. The minimum Gasteiger partial charge on any atom is -0.481 e. The first-order chi connectivity index (χ1) is 26.6. The second-order valence-corrected chi connectivity index (χ2v) is 17.9. The van der Waals surface area contributed by atoms with Crippen molar-refractivity contribution in [1.29, 1.82) is 0 Å². The van der Waals surface area contributed by atoms with Crippen LogP contribution in [0.5, 0.6) is 0 Å². The molecule has 0 unspecified atom stereocenters. The standard InChI is InChI=1S/C39H65BN6O11/c1-9-10-13-28(40-56-27-18-22-17-26(38(22,6)7)39(27,8)57-40)43-35(53)25-12-11-16-46(25)37(55)32(21(4)5)45-36(54)31(20(2)3)44-34(52)24(14-15-29(47)48)42-33(51)23(41)19-30(49)50/h20-28,31-32H,9-19,41H2,1-8H3,(H,42,51)(H,43,53)(H,44,52)(H,45,54)(H,47,48)(H,49,50)/t22-,23-,24-,25-,26+,27+,28-,31-,32-,39-/m0/s1. The quantitative estimate of drug-likeness (QED) is 0.0862. The third-order valence-electron chi connectivity index (χ3n) is 12.8. The zero-order chi connectivity index (χ0) is 42.6. The average Bonchev–Trinajstić information content (AvgIpc) is 3.76. The van der Waals surface area contributed by atoms with Crippen molar-refractivity contribution in [2.75, 3.05) is 6.54 Å². The van der Waals surface area contributed by atoms with Gasteiger partial charge in [-0.1, -0.05) is 61.3 Å². The van der Waals surface area contributed by atoms with E-state index in [-0.39, 0.29) is 23.8 Å². The van der Waals surface area contributed by atoms with Gasteiger partial charge in [0.05, 0.1) is 30.1 Å². The lowest BCUT2D eigenvalue weighted by Gasteiger charge is -2.64. The molecule has 2 heterocycles. The highest BCUT2D eigenvalue weighted by atomic mass is 16.7. The van der Waals surface area contributed by atoms with Crippen molar-refractivity contribution in [1.82, 2.24) is 26.2 Å². The molecular weight excluding hydrogens is 739 g/mol. The van der Waals surface area contributed by atoms with Gasteiger partial charge in [0.25, 0.3) is 0 Å². The van der Waals surface area contributed by atoms with Gasteiger partial charge in [0.2, 0.25) is 29.5 Å². The van der Waals surface area contributed by atoms with Crippen LogP contribution in [0, 0.1) is 29.1 Å². The second-order valence-electron chi connectivity index (χ2n) is 17.9. The normalized spacial score (nSPS) is 27.4. The summed E-state index contributed by atoms with van der Waals surface area (Å²) < 4.78 is 13.3. The predicted molar refractivity (Wildman–Crippen MR) is 209 cm³/mol. The Balaban J connectivity index is 1.44. The van der Waals surface area contributed by atoms with Crippen LogP contribution in [0.25, 0.3) is 0 Å². The number of hydrogen-bond acceptors (Lipinski definition) is 10. The fraction of sp³-hybridized carbons (Fsp3) is 0.821. The first kappa shape index (κ1) is 45.9. The number of rotatable bonds is 20. The fourth-order valence-corrected chi connectivity index (χ4v) is 9.17. The Kier molecular flexibility index (Phi) is 15.2. The molecule has 10 atom stereocenters. The zero-order valence-corrected chi connectivity index (χ0v) is 34.8. The van der Waals surface area contributed by atoms with E-state index in [4.69, 9.17) is 20.1 Å². The molecule has 5 aliphatic rings. The first-order valence-electron chi connectivity index (χ1n) is 20.7. The van der Waals surface area contributed by atoms with E-state index in [1.165, 1.54) is 4.90 Å². The first-order valence-corrected chi connectivity index (χ1v) is 20.7. The molecule has 17 nitrogen and oxygen atoms in total. The minimum absolute atomic E-state index is 0.0452. The monoisotopic (exact) mass is 804 g/mol. The Hall–Kier alpha value is -3.77. The number of likely N-dealkylation sites (tertiary alicyclic amines) is 1. The summed E-state index contributed by atoms with van der Waals surface area (Å²) in [5.74, 6) is -6.28. The molecule has 2 bridgehead atoms. The maximum Gasteiger partial charge on any atom is 0.481 e. The SMILES string of the molecule is CCCC[C@H](NC(=O)[C@@H]1CCCN1C(=O)[C@@H](NC(=O)[C@@H](NC(=O)[C@H](CCC(=O)O)NC(=O)[C@@H](N)CC(=O)O)C(C)C)C(C)C)B1O[C@@H]2C[C@@H]3C[C@H](C3(C)C)[C@]2(C)O1. The van der Waals surface area contributed by atoms with Gasteiger partial charge < -0.3 is 51.4 Å². The molecule has 320 valence electrons. The van der Waals surface area contributed by atoms with Gasteiger partial charge in [-0.05, 0) is 74.5 Å². The summed E-state index contributed by atoms with van der Waals surface area (Å²) in [5.41, 5.74) is 5.38. The van der Waals surface area contributed by atoms with Crippen LogP contribution in [-0.4, -0.2) is 118 Å². The van der Waals surface area contributed by atoms with Gasteiger partial charge in [-0.15, -0.1) is 0 Å². The summed E-state index contributed by atoms with van der Waals surface area (Å²) in [5, 5.41) is 29.1. The highest BCUT2D eigenvalue weighted by Crippen LogP contribution is 2.65. The van der Waals surface area contributed by atoms with E-state index in [2.05, 4.69) is 49.0 Å². The Morgan fingerprint density at radius 3 is 2.09 bits per heavy atom. The highest BCUT2D eigenvalue weighted by molar-refractivity contribution is 6.48. The van der Waals surface area contributed by atoms with Crippen LogP contribution >= 0.6 is 0 Å². The number of carbonyl (C=O) groups is 7. The van der Waals surface area contributed by atoms with Crippen LogP contribution in [-0.2, 0) is 42.9 Å². The number of carbonyl (C=O) groups excluding carboxylic acids is 5. The molecule has 5 fully saturated rings. The summed E-state index contributed by atoms with van der Waals surface area (Å²) >= 11 is 0. The Morgan fingerprint density at radius 1 is 0.860 bits per heavy atom. The topological polar surface area (TPSA) is 256 Å². The van der Waals surface area contributed by atoms with Crippen LogP contribution < -0.4 is 27.0 Å².